The van der Waals surface area contributed by atoms with Crippen LogP contribution in [0.2, 0.25) is 0 Å². The average Bonchev–Trinajstić information content (AvgIpc) is 3.62. The van der Waals surface area contributed by atoms with E-state index in [1.54, 1.807) is 42.8 Å². The van der Waals surface area contributed by atoms with E-state index in [4.69, 9.17) is 14.2 Å². The number of likely N-dealkylation sites (N-methyl/N-ethyl adjacent to an activating group) is 2. The van der Waals surface area contributed by atoms with Crippen molar-refractivity contribution in [1.29, 1.82) is 0 Å². The van der Waals surface area contributed by atoms with Gasteiger partial charge in [-0.15, -0.1) is 0 Å². The zero-order valence-electron chi connectivity index (χ0n) is 33.7. The molecule has 1 aliphatic heterocycles. The molecule has 3 N–H and O–H groups in total. The fourth-order valence-corrected chi connectivity index (χ4v) is 7.26. The maximum absolute atomic E-state index is 14.2. The molecule has 1 heterocycles. The predicted octanol–water partition coefficient (Wildman–Crippen LogP) is 1.87. The molecular formula is C39H65N5O9. The zero-order chi connectivity index (χ0) is 40.0. The van der Waals surface area contributed by atoms with Crippen LogP contribution in [-0.2, 0) is 44.6 Å². The molecule has 14 heteroatoms. The highest BCUT2D eigenvalue weighted by atomic mass is 16.5. The number of amides is 4. The molecule has 53 heavy (non-hydrogen) atoms. The minimum atomic E-state index is -0.900. The van der Waals surface area contributed by atoms with Crippen molar-refractivity contribution in [2.45, 2.75) is 109 Å². The van der Waals surface area contributed by atoms with Crippen LogP contribution in [0.5, 0.6) is 0 Å². The molecule has 1 saturated heterocycles. The van der Waals surface area contributed by atoms with Gasteiger partial charge >= 0.3 is 5.97 Å². The molecule has 0 saturated carbocycles. The van der Waals surface area contributed by atoms with Gasteiger partial charge < -0.3 is 39.8 Å². The van der Waals surface area contributed by atoms with Crippen LogP contribution in [0.4, 0.5) is 0 Å². The third-order valence-corrected chi connectivity index (χ3v) is 10.7. The summed E-state index contributed by atoms with van der Waals surface area (Å²) in [5.74, 6) is -2.95. The number of nitrogens with one attached hydrogen (secondary N) is 2. The second kappa shape index (κ2) is 21.9. The predicted molar refractivity (Wildman–Crippen MR) is 202 cm³/mol. The Morgan fingerprint density at radius 2 is 1.58 bits per heavy atom. The molecule has 1 aromatic rings. The summed E-state index contributed by atoms with van der Waals surface area (Å²) < 4.78 is 16.9. The lowest BCUT2D eigenvalue weighted by atomic mass is 9.89. The minimum absolute atomic E-state index is 0.0238. The van der Waals surface area contributed by atoms with Crippen molar-refractivity contribution in [1.82, 2.24) is 25.3 Å². The Hall–Kier alpha value is -3.59. The monoisotopic (exact) mass is 747 g/mol. The lowest BCUT2D eigenvalue weighted by Crippen LogP contribution is -2.59. The molecule has 14 nitrogen and oxygen atoms in total. The van der Waals surface area contributed by atoms with Crippen LogP contribution in [0.25, 0.3) is 0 Å². The first-order valence-electron chi connectivity index (χ1n) is 18.7. The second-order valence-corrected chi connectivity index (χ2v) is 14.8. The average molecular weight is 748 g/mol. The second-order valence-electron chi connectivity index (χ2n) is 14.8. The van der Waals surface area contributed by atoms with E-state index in [9.17, 15) is 29.1 Å². The smallest absolute Gasteiger partial charge is 0.328 e. The molecule has 0 radical (unpaired) electrons. The minimum Gasteiger partial charge on any atom is -0.467 e. The third kappa shape index (κ3) is 12.2. The van der Waals surface area contributed by atoms with E-state index in [-0.39, 0.29) is 36.5 Å². The van der Waals surface area contributed by atoms with Crippen LogP contribution < -0.4 is 10.6 Å². The van der Waals surface area contributed by atoms with Gasteiger partial charge in [-0.3, -0.25) is 24.1 Å². The highest BCUT2D eigenvalue weighted by Crippen LogP contribution is 2.30. The number of likely N-dealkylation sites (tertiary alicyclic amines) is 1. The molecule has 1 aliphatic rings. The summed E-state index contributed by atoms with van der Waals surface area (Å²) in [5.41, 5.74) is 0.867. The Morgan fingerprint density at radius 3 is 2.09 bits per heavy atom. The Morgan fingerprint density at radius 1 is 0.943 bits per heavy atom. The van der Waals surface area contributed by atoms with Crippen LogP contribution in [0.15, 0.2) is 30.3 Å². The molecule has 1 aromatic carbocycles. The summed E-state index contributed by atoms with van der Waals surface area (Å²) in [6, 6.07) is 5.84. The molecule has 0 unspecified atom stereocenters. The van der Waals surface area contributed by atoms with E-state index in [1.807, 2.05) is 58.0 Å². The maximum atomic E-state index is 14.2. The number of aliphatic hydroxyl groups is 1. The number of esters is 1. The molecule has 0 aromatic heterocycles. The highest BCUT2D eigenvalue weighted by Gasteiger charge is 2.43. The van der Waals surface area contributed by atoms with Gasteiger partial charge in [0.25, 0.3) is 0 Å². The number of carbonyl (C=O) groups excluding carboxylic acids is 5. The van der Waals surface area contributed by atoms with E-state index < -0.39 is 72.7 Å². The largest absolute Gasteiger partial charge is 0.467 e. The number of nitrogens with zero attached hydrogens (tertiary/aromatic N) is 3. The van der Waals surface area contributed by atoms with Gasteiger partial charge in [0.05, 0.1) is 50.3 Å². The fraction of sp³-hybridized carbons (Fsp3) is 0.718. The Bertz CT molecular complexity index is 1330. The number of hydrogen-bond donors (Lipinski definition) is 3. The number of carbonyl (C=O) groups is 5. The van der Waals surface area contributed by atoms with Gasteiger partial charge in [-0.25, -0.2) is 4.79 Å². The number of hydrogen-bond acceptors (Lipinski definition) is 10. The van der Waals surface area contributed by atoms with E-state index in [1.165, 1.54) is 21.3 Å². The lowest BCUT2D eigenvalue weighted by molar-refractivity contribution is -0.149. The van der Waals surface area contributed by atoms with Gasteiger partial charge in [-0.05, 0) is 44.3 Å². The normalized spacial score (nSPS) is 19.1. The zero-order valence-corrected chi connectivity index (χ0v) is 33.7. The summed E-state index contributed by atoms with van der Waals surface area (Å²) in [6.45, 7) is 9.49. The third-order valence-electron chi connectivity index (χ3n) is 10.7. The Balaban J connectivity index is 2.27. The van der Waals surface area contributed by atoms with Gasteiger partial charge in [0.15, 0.2) is 0 Å². The summed E-state index contributed by atoms with van der Waals surface area (Å²) >= 11 is 0. The van der Waals surface area contributed by atoms with Crippen molar-refractivity contribution < 1.29 is 43.3 Å². The topological polar surface area (TPSA) is 167 Å². The van der Waals surface area contributed by atoms with Crippen LogP contribution >= 0.6 is 0 Å². The lowest BCUT2D eigenvalue weighted by Gasteiger charge is -2.41. The Labute approximate surface area is 316 Å². The van der Waals surface area contributed by atoms with Crippen LogP contribution in [0, 0.1) is 17.8 Å². The number of aliphatic hydroxyl groups excluding tert-OH is 1. The van der Waals surface area contributed by atoms with Gasteiger partial charge in [-0.1, -0.05) is 71.4 Å². The summed E-state index contributed by atoms with van der Waals surface area (Å²) in [6.07, 6.45) is 0.929. The van der Waals surface area contributed by atoms with Gasteiger partial charge in [0.1, 0.15) is 18.1 Å². The number of methoxy groups -OCH3 is 3. The number of rotatable bonds is 21. The van der Waals surface area contributed by atoms with Crippen molar-refractivity contribution >= 4 is 29.6 Å². The standard InChI is InChI=1S/C39H65N5O9/c1-12-25(4)34(43(8)38(49)33(24(2)3)41-37(48)30(23-45)42(6)7)31(51-9)22-32(46)44-20-16-19-29(44)35(52-10)26(5)36(47)40-28(39(50)53-11)21-27-17-14-13-15-18-27/h13-15,17-18,24-26,28-31,33-35,45H,12,16,19-23H2,1-11H3,(H,40,47)(H,41,48)/t25-,26+,28-,29-,30-,31+,33-,34-,35+/m0/s1. The van der Waals surface area contributed by atoms with Gasteiger partial charge in [0.2, 0.25) is 23.6 Å². The maximum Gasteiger partial charge on any atom is 0.328 e. The van der Waals surface area contributed by atoms with Crippen molar-refractivity contribution in [2.24, 2.45) is 17.8 Å². The van der Waals surface area contributed by atoms with Crippen LogP contribution in [0.3, 0.4) is 0 Å². The van der Waals surface area contributed by atoms with E-state index in [0.29, 0.717) is 25.8 Å². The summed E-state index contributed by atoms with van der Waals surface area (Å²) in [5, 5.41) is 15.5. The van der Waals surface area contributed by atoms with Gasteiger partial charge in [0, 0.05) is 34.2 Å². The first-order valence-corrected chi connectivity index (χ1v) is 18.7. The molecule has 0 bridgehead atoms. The van der Waals surface area contributed by atoms with E-state index >= 15 is 0 Å². The van der Waals surface area contributed by atoms with E-state index in [0.717, 1.165) is 5.56 Å². The SMILES string of the molecule is CC[C@H](C)[C@@H]([C@@H](CC(=O)N1CCC[C@H]1[C@H](OC)[C@@H](C)C(=O)N[C@@H](Cc1ccccc1)C(=O)OC)OC)N(C)C(=O)[C@@H](NC(=O)[C@H](CO)N(C)C)C(C)C. The molecular weight excluding hydrogens is 682 g/mol. The molecule has 0 aliphatic carbocycles. The van der Waals surface area contributed by atoms with Crippen molar-refractivity contribution in [2.75, 3.05) is 55.6 Å². The molecule has 9 atom stereocenters. The fourth-order valence-electron chi connectivity index (χ4n) is 7.26. The van der Waals surface area contributed by atoms with Crippen LogP contribution in [-0.4, -0.2) is 147 Å². The van der Waals surface area contributed by atoms with Crippen LogP contribution in [0.1, 0.15) is 65.9 Å². The van der Waals surface area contributed by atoms with Gasteiger partial charge in [-0.2, -0.15) is 0 Å². The van der Waals surface area contributed by atoms with Crippen molar-refractivity contribution in [3.63, 3.8) is 0 Å². The molecule has 0 spiro atoms. The highest BCUT2D eigenvalue weighted by molar-refractivity contribution is 5.90. The van der Waals surface area contributed by atoms with Crippen molar-refractivity contribution in [3.8, 4) is 0 Å². The number of benzene rings is 1. The Kier molecular flexibility index (Phi) is 18.9. The molecule has 4 amide bonds. The summed E-state index contributed by atoms with van der Waals surface area (Å²) in [7, 11) is 9.35. The first-order chi connectivity index (χ1) is 25.1. The number of ether oxygens (including phenoxy) is 3. The molecule has 2 rings (SSSR count). The first kappa shape index (κ1) is 45.6. The van der Waals surface area contributed by atoms with Crippen molar-refractivity contribution in [3.05, 3.63) is 35.9 Å². The summed E-state index contributed by atoms with van der Waals surface area (Å²) in [4.78, 5) is 72.5. The molecule has 1 fully saturated rings. The quantitative estimate of drug-likeness (QED) is 0.158. The molecule has 300 valence electrons. The van der Waals surface area contributed by atoms with E-state index in [2.05, 4.69) is 10.6 Å².